The number of rotatable bonds is 7. The van der Waals surface area contributed by atoms with Gasteiger partial charge in [0.2, 0.25) is 0 Å². The molecule has 0 amide bonds. The Hall–Kier alpha value is -1.19. The molecule has 110 valence electrons. The monoisotopic (exact) mass is 266 g/mol. The zero-order valence-electron chi connectivity index (χ0n) is 13.4. The Balaban J connectivity index is 3.14. The van der Waals surface area contributed by atoms with Crippen molar-refractivity contribution in [3.05, 3.63) is 5.69 Å². The summed E-state index contributed by atoms with van der Waals surface area (Å²) in [4.78, 5) is 2.41. The molecule has 0 bridgehead atoms. The standard InChI is InChI=1S/C15H30N4/c1-7-9-10-19(12(5)8-2)15-13(16)14(11(3)4)17-18(15)6/h11-12H,7-10,16H2,1-6H3. The molecule has 1 aromatic rings. The van der Waals surface area contributed by atoms with Crippen LogP contribution in [0.15, 0.2) is 0 Å². The van der Waals surface area contributed by atoms with Gasteiger partial charge in [0.15, 0.2) is 5.82 Å². The molecule has 0 spiro atoms. The van der Waals surface area contributed by atoms with E-state index in [4.69, 9.17) is 5.73 Å². The first-order valence-corrected chi connectivity index (χ1v) is 7.52. The summed E-state index contributed by atoms with van der Waals surface area (Å²) < 4.78 is 1.95. The average molecular weight is 266 g/mol. The van der Waals surface area contributed by atoms with Crippen molar-refractivity contribution in [2.24, 2.45) is 7.05 Å². The highest BCUT2D eigenvalue weighted by Gasteiger charge is 2.23. The van der Waals surface area contributed by atoms with E-state index in [-0.39, 0.29) is 0 Å². The van der Waals surface area contributed by atoms with E-state index in [1.165, 1.54) is 12.8 Å². The van der Waals surface area contributed by atoms with Gasteiger partial charge in [-0.3, -0.25) is 4.68 Å². The minimum absolute atomic E-state index is 0.366. The van der Waals surface area contributed by atoms with Crippen molar-refractivity contribution in [3.63, 3.8) is 0 Å². The van der Waals surface area contributed by atoms with Gasteiger partial charge >= 0.3 is 0 Å². The van der Waals surface area contributed by atoms with Gasteiger partial charge in [0, 0.05) is 19.6 Å². The normalized spacial score (nSPS) is 13.0. The Morgan fingerprint density at radius 1 is 1.26 bits per heavy atom. The predicted molar refractivity (Wildman–Crippen MR) is 83.7 cm³/mol. The van der Waals surface area contributed by atoms with Gasteiger partial charge in [0.25, 0.3) is 0 Å². The molecule has 1 atom stereocenters. The second kappa shape index (κ2) is 6.83. The maximum Gasteiger partial charge on any atom is 0.150 e. The molecule has 0 radical (unpaired) electrons. The molecule has 0 aromatic carbocycles. The van der Waals surface area contributed by atoms with Crippen LogP contribution in [0.2, 0.25) is 0 Å². The van der Waals surface area contributed by atoms with Crippen LogP contribution in [0, 0.1) is 0 Å². The Kier molecular flexibility index (Phi) is 5.70. The van der Waals surface area contributed by atoms with Crippen LogP contribution >= 0.6 is 0 Å². The maximum absolute atomic E-state index is 6.35. The molecule has 0 saturated heterocycles. The van der Waals surface area contributed by atoms with Crippen LogP contribution in [0.5, 0.6) is 0 Å². The third-order valence-electron chi connectivity index (χ3n) is 3.78. The molecule has 1 unspecified atom stereocenters. The van der Waals surface area contributed by atoms with Gasteiger partial charge in [0.1, 0.15) is 0 Å². The van der Waals surface area contributed by atoms with E-state index >= 15 is 0 Å². The number of aromatic nitrogens is 2. The van der Waals surface area contributed by atoms with Gasteiger partial charge in [-0.1, -0.05) is 34.1 Å². The minimum Gasteiger partial charge on any atom is -0.394 e. The highest BCUT2D eigenvalue weighted by molar-refractivity contribution is 5.67. The Labute approximate surface area is 118 Å². The first-order valence-electron chi connectivity index (χ1n) is 7.52. The largest absolute Gasteiger partial charge is 0.394 e. The maximum atomic E-state index is 6.35. The molecular weight excluding hydrogens is 236 g/mol. The second-order valence-electron chi connectivity index (χ2n) is 5.71. The van der Waals surface area contributed by atoms with Crippen LogP contribution in [-0.4, -0.2) is 22.4 Å². The van der Waals surface area contributed by atoms with Crippen molar-refractivity contribution in [1.82, 2.24) is 9.78 Å². The Bertz CT molecular complexity index is 395. The van der Waals surface area contributed by atoms with Crippen molar-refractivity contribution >= 4 is 11.5 Å². The molecule has 0 aliphatic rings. The lowest BCUT2D eigenvalue weighted by molar-refractivity contribution is 0.572. The summed E-state index contributed by atoms with van der Waals surface area (Å²) in [5, 5.41) is 4.61. The lowest BCUT2D eigenvalue weighted by Crippen LogP contribution is -2.35. The third kappa shape index (κ3) is 3.43. The fourth-order valence-corrected chi connectivity index (χ4v) is 2.40. The number of hydrogen-bond donors (Lipinski definition) is 1. The fourth-order valence-electron chi connectivity index (χ4n) is 2.40. The van der Waals surface area contributed by atoms with Crippen molar-refractivity contribution in [2.75, 3.05) is 17.2 Å². The summed E-state index contributed by atoms with van der Waals surface area (Å²) >= 11 is 0. The van der Waals surface area contributed by atoms with Crippen molar-refractivity contribution in [1.29, 1.82) is 0 Å². The fraction of sp³-hybridized carbons (Fsp3) is 0.800. The van der Waals surface area contributed by atoms with Crippen LogP contribution in [0.4, 0.5) is 11.5 Å². The highest BCUT2D eigenvalue weighted by Crippen LogP contribution is 2.32. The lowest BCUT2D eigenvalue weighted by atomic mass is 10.1. The summed E-state index contributed by atoms with van der Waals surface area (Å²) in [5.41, 5.74) is 8.22. The predicted octanol–water partition coefficient (Wildman–Crippen LogP) is 3.53. The second-order valence-corrected chi connectivity index (χ2v) is 5.71. The van der Waals surface area contributed by atoms with Crippen LogP contribution in [0.1, 0.15) is 65.5 Å². The van der Waals surface area contributed by atoms with Gasteiger partial charge in [-0.15, -0.1) is 0 Å². The molecular formula is C15H30N4. The summed E-state index contributed by atoms with van der Waals surface area (Å²) in [6.07, 6.45) is 3.50. The third-order valence-corrected chi connectivity index (χ3v) is 3.78. The van der Waals surface area contributed by atoms with Gasteiger partial charge in [-0.2, -0.15) is 5.10 Å². The lowest BCUT2D eigenvalue weighted by Gasteiger charge is -2.31. The van der Waals surface area contributed by atoms with E-state index in [9.17, 15) is 0 Å². The molecule has 0 fully saturated rings. The Morgan fingerprint density at radius 2 is 1.89 bits per heavy atom. The van der Waals surface area contributed by atoms with Gasteiger partial charge in [-0.05, 0) is 25.7 Å². The number of nitrogens with two attached hydrogens (primary N) is 1. The van der Waals surface area contributed by atoms with Crippen molar-refractivity contribution < 1.29 is 0 Å². The number of anilines is 2. The molecule has 0 aliphatic carbocycles. The summed E-state index contributed by atoms with van der Waals surface area (Å²) in [6.45, 7) is 12.0. The highest BCUT2D eigenvalue weighted by atomic mass is 15.4. The molecule has 2 N–H and O–H groups in total. The van der Waals surface area contributed by atoms with E-state index in [0.717, 1.165) is 30.2 Å². The summed E-state index contributed by atoms with van der Waals surface area (Å²) in [7, 11) is 2.00. The summed E-state index contributed by atoms with van der Waals surface area (Å²) in [6, 6.07) is 0.490. The molecule has 1 rings (SSSR count). The van der Waals surface area contributed by atoms with E-state index in [1.807, 2.05) is 11.7 Å². The smallest absolute Gasteiger partial charge is 0.150 e. The average Bonchev–Trinajstić information content (AvgIpc) is 2.66. The van der Waals surface area contributed by atoms with E-state index < -0.39 is 0 Å². The number of unbranched alkanes of at least 4 members (excludes halogenated alkanes) is 1. The number of aryl methyl sites for hydroxylation is 1. The number of nitrogen functional groups attached to an aromatic ring is 1. The van der Waals surface area contributed by atoms with Gasteiger partial charge < -0.3 is 10.6 Å². The van der Waals surface area contributed by atoms with Crippen LogP contribution in [-0.2, 0) is 7.05 Å². The first-order chi connectivity index (χ1) is 8.93. The van der Waals surface area contributed by atoms with E-state index in [1.54, 1.807) is 0 Å². The van der Waals surface area contributed by atoms with Crippen LogP contribution in [0.3, 0.4) is 0 Å². The molecule has 0 aliphatic heterocycles. The van der Waals surface area contributed by atoms with Crippen LogP contribution < -0.4 is 10.6 Å². The van der Waals surface area contributed by atoms with Crippen LogP contribution in [0.25, 0.3) is 0 Å². The number of hydrogen-bond acceptors (Lipinski definition) is 3. The van der Waals surface area contributed by atoms with E-state index in [2.05, 4.69) is 44.6 Å². The topological polar surface area (TPSA) is 47.1 Å². The molecule has 0 saturated carbocycles. The zero-order chi connectivity index (χ0) is 14.6. The SMILES string of the molecule is CCCCN(c1c(N)c(C(C)C)nn1C)C(C)CC. The van der Waals surface area contributed by atoms with Gasteiger partial charge in [-0.25, -0.2) is 0 Å². The Morgan fingerprint density at radius 3 is 2.32 bits per heavy atom. The minimum atomic E-state index is 0.366. The van der Waals surface area contributed by atoms with Crippen molar-refractivity contribution in [3.8, 4) is 0 Å². The quantitative estimate of drug-likeness (QED) is 0.821. The molecule has 1 heterocycles. The molecule has 4 nitrogen and oxygen atoms in total. The molecule has 1 aromatic heterocycles. The van der Waals surface area contributed by atoms with Crippen molar-refractivity contribution in [2.45, 2.75) is 65.8 Å². The first kappa shape index (κ1) is 15.9. The molecule has 4 heteroatoms. The van der Waals surface area contributed by atoms with Gasteiger partial charge in [0.05, 0.1) is 11.4 Å². The molecule has 19 heavy (non-hydrogen) atoms. The summed E-state index contributed by atoms with van der Waals surface area (Å²) in [5.74, 6) is 1.46. The number of nitrogens with zero attached hydrogens (tertiary/aromatic N) is 3. The zero-order valence-corrected chi connectivity index (χ0v) is 13.4. The van der Waals surface area contributed by atoms with E-state index in [0.29, 0.717) is 12.0 Å².